The highest BCUT2D eigenvalue weighted by molar-refractivity contribution is 5.66. The van der Waals surface area contributed by atoms with E-state index >= 15 is 0 Å². The average molecular weight is 477 g/mol. The van der Waals surface area contributed by atoms with Gasteiger partial charge in [0, 0.05) is 19.3 Å². The molecule has 4 aliphatic carbocycles. The summed E-state index contributed by atoms with van der Waals surface area (Å²) in [5.74, 6) is 2.28. The second-order valence-corrected chi connectivity index (χ2v) is 13.2. The van der Waals surface area contributed by atoms with Gasteiger partial charge in [0.15, 0.2) is 0 Å². The molecule has 4 saturated carbocycles. The van der Waals surface area contributed by atoms with Gasteiger partial charge >= 0.3 is 11.9 Å². The number of fused-ring (bicyclic) bond motifs is 5. The van der Waals surface area contributed by atoms with Crippen molar-refractivity contribution in [1.29, 1.82) is 0 Å². The second-order valence-electron chi connectivity index (χ2n) is 13.2. The lowest BCUT2D eigenvalue weighted by molar-refractivity contribution is -0.226. The van der Waals surface area contributed by atoms with Crippen molar-refractivity contribution in [3.8, 4) is 0 Å². The molecular formula is C30H52O4. The van der Waals surface area contributed by atoms with Crippen LogP contribution in [0.15, 0.2) is 0 Å². The fourth-order valence-corrected chi connectivity index (χ4v) is 9.49. The Bertz CT molecular complexity index is 763. The molecule has 0 saturated heterocycles. The minimum Gasteiger partial charge on any atom is -0.465 e. The van der Waals surface area contributed by atoms with Gasteiger partial charge in [-0.2, -0.15) is 0 Å². The van der Waals surface area contributed by atoms with E-state index in [1.54, 1.807) is 6.92 Å². The first kappa shape index (κ1) is 27.5. The Balaban J connectivity index is 0.00000158. The van der Waals surface area contributed by atoms with E-state index in [1.807, 2.05) is 13.8 Å². The van der Waals surface area contributed by atoms with E-state index in [1.165, 1.54) is 51.9 Å². The lowest BCUT2D eigenvalue weighted by atomic mass is 9.34. The SMILES string of the molecule is CC.CC(=O)OCC1(C)CC[C@]2(C)C(CCC3C4(C)CCC(OC(C)=O)C(C)C4CCC32C)C1. The highest BCUT2D eigenvalue weighted by atomic mass is 16.5. The molecule has 0 radical (unpaired) electrons. The second kappa shape index (κ2) is 9.77. The van der Waals surface area contributed by atoms with Crippen LogP contribution in [0.1, 0.15) is 120 Å². The topological polar surface area (TPSA) is 52.6 Å². The van der Waals surface area contributed by atoms with E-state index in [2.05, 4.69) is 34.6 Å². The van der Waals surface area contributed by atoms with Crippen molar-refractivity contribution < 1.29 is 19.1 Å². The van der Waals surface area contributed by atoms with Crippen molar-refractivity contribution in [2.75, 3.05) is 6.61 Å². The Labute approximate surface area is 209 Å². The van der Waals surface area contributed by atoms with E-state index in [9.17, 15) is 9.59 Å². The maximum absolute atomic E-state index is 11.7. The molecule has 0 aromatic heterocycles. The van der Waals surface area contributed by atoms with Crippen molar-refractivity contribution in [1.82, 2.24) is 0 Å². The molecule has 4 nitrogen and oxygen atoms in total. The van der Waals surface area contributed by atoms with Crippen molar-refractivity contribution in [2.24, 2.45) is 45.3 Å². The van der Waals surface area contributed by atoms with Gasteiger partial charge in [-0.05, 0) is 97.7 Å². The van der Waals surface area contributed by atoms with Crippen LogP contribution in [0.3, 0.4) is 0 Å². The third-order valence-electron chi connectivity index (χ3n) is 11.5. The molecule has 4 rings (SSSR count). The first-order valence-electron chi connectivity index (χ1n) is 14.2. The summed E-state index contributed by atoms with van der Waals surface area (Å²) in [4.78, 5) is 23.1. The van der Waals surface area contributed by atoms with E-state index in [-0.39, 0.29) is 23.5 Å². The van der Waals surface area contributed by atoms with Gasteiger partial charge in [0.05, 0.1) is 6.61 Å². The molecule has 0 N–H and O–H groups in total. The number of hydrogen-bond acceptors (Lipinski definition) is 4. The van der Waals surface area contributed by atoms with Gasteiger partial charge in [0.1, 0.15) is 6.10 Å². The van der Waals surface area contributed by atoms with E-state index < -0.39 is 0 Å². The molecule has 0 bridgehead atoms. The molecule has 4 heteroatoms. The van der Waals surface area contributed by atoms with Gasteiger partial charge in [0.25, 0.3) is 0 Å². The van der Waals surface area contributed by atoms with Crippen LogP contribution in [0, 0.1) is 45.3 Å². The van der Waals surface area contributed by atoms with Gasteiger partial charge in [-0.1, -0.05) is 48.5 Å². The van der Waals surface area contributed by atoms with Gasteiger partial charge in [0.2, 0.25) is 0 Å². The third kappa shape index (κ3) is 4.45. The van der Waals surface area contributed by atoms with Crippen LogP contribution >= 0.6 is 0 Å². The Morgan fingerprint density at radius 1 is 0.824 bits per heavy atom. The molecule has 0 aromatic carbocycles. The van der Waals surface area contributed by atoms with Crippen LogP contribution in [0.5, 0.6) is 0 Å². The van der Waals surface area contributed by atoms with Crippen LogP contribution in [0.25, 0.3) is 0 Å². The number of carbonyl (C=O) groups is 2. The zero-order chi connectivity index (χ0) is 25.5. The fraction of sp³-hybridized carbons (Fsp3) is 0.933. The van der Waals surface area contributed by atoms with Gasteiger partial charge in [-0.25, -0.2) is 0 Å². The Kier molecular flexibility index (Phi) is 7.91. The van der Waals surface area contributed by atoms with E-state index in [4.69, 9.17) is 9.47 Å². The molecule has 0 aromatic rings. The third-order valence-corrected chi connectivity index (χ3v) is 11.5. The van der Waals surface area contributed by atoms with Crippen LogP contribution in [0.2, 0.25) is 0 Å². The summed E-state index contributed by atoms with van der Waals surface area (Å²) in [7, 11) is 0. The first-order chi connectivity index (χ1) is 15.8. The highest BCUT2D eigenvalue weighted by Gasteiger charge is 2.66. The van der Waals surface area contributed by atoms with Crippen molar-refractivity contribution in [2.45, 2.75) is 126 Å². The smallest absolute Gasteiger partial charge is 0.302 e. The molecule has 8 unspecified atom stereocenters. The maximum Gasteiger partial charge on any atom is 0.302 e. The summed E-state index contributed by atoms with van der Waals surface area (Å²) in [5, 5.41) is 0. The van der Waals surface area contributed by atoms with Crippen molar-refractivity contribution in [3.63, 3.8) is 0 Å². The molecule has 4 aliphatic rings. The number of esters is 2. The summed E-state index contributed by atoms with van der Waals surface area (Å²) < 4.78 is 11.2. The molecule has 0 amide bonds. The molecule has 34 heavy (non-hydrogen) atoms. The maximum atomic E-state index is 11.7. The summed E-state index contributed by atoms with van der Waals surface area (Å²) in [6.07, 6.45) is 11.1. The average Bonchev–Trinajstić information content (AvgIpc) is 2.77. The summed E-state index contributed by atoms with van der Waals surface area (Å²) >= 11 is 0. The monoisotopic (exact) mass is 476 g/mol. The first-order valence-corrected chi connectivity index (χ1v) is 14.2. The van der Waals surface area contributed by atoms with Crippen LogP contribution < -0.4 is 0 Å². The Hall–Kier alpha value is -1.06. The summed E-state index contributed by atoms with van der Waals surface area (Å²) in [6, 6.07) is 0. The largest absolute Gasteiger partial charge is 0.465 e. The predicted molar refractivity (Wildman–Crippen MR) is 137 cm³/mol. The quantitative estimate of drug-likeness (QED) is 0.394. The van der Waals surface area contributed by atoms with Crippen LogP contribution in [0.4, 0.5) is 0 Å². The normalized spacial score (nSPS) is 47.6. The number of hydrogen-bond donors (Lipinski definition) is 0. The number of ether oxygens (including phenoxy) is 2. The molecule has 196 valence electrons. The van der Waals surface area contributed by atoms with Crippen LogP contribution in [-0.2, 0) is 19.1 Å². The number of carbonyl (C=O) groups excluding carboxylic acids is 2. The predicted octanol–water partition coefficient (Wildman–Crippen LogP) is 7.58. The standard InChI is InChI=1S/C28H46O4.C2H6/c1-18-22-10-13-28(7)24(26(22,5)12-11-23(18)32-20(3)30)9-8-21-16-25(4,17-31-19(2)29)14-15-27(21,28)6;1-2/h18,21-24H,8-17H2,1-7H3;1-2H3/t18?,21?,22?,23?,24?,25?,26?,27-,28?;/m1./s1. The summed E-state index contributed by atoms with van der Waals surface area (Å²) in [6.45, 7) is 20.1. The van der Waals surface area contributed by atoms with Gasteiger partial charge in [-0.3, -0.25) is 9.59 Å². The van der Waals surface area contributed by atoms with Gasteiger partial charge < -0.3 is 9.47 Å². The summed E-state index contributed by atoms with van der Waals surface area (Å²) in [5.41, 5.74) is 1.18. The number of rotatable bonds is 3. The molecule has 9 atom stereocenters. The molecule has 0 heterocycles. The minimum atomic E-state index is -0.153. The molecule has 0 aliphatic heterocycles. The van der Waals surface area contributed by atoms with Crippen molar-refractivity contribution in [3.05, 3.63) is 0 Å². The Morgan fingerprint density at radius 2 is 1.50 bits per heavy atom. The zero-order valence-electron chi connectivity index (χ0n) is 23.6. The molecular weight excluding hydrogens is 424 g/mol. The Morgan fingerprint density at radius 3 is 2.12 bits per heavy atom. The van der Waals surface area contributed by atoms with Crippen molar-refractivity contribution >= 4 is 11.9 Å². The fourth-order valence-electron chi connectivity index (χ4n) is 9.49. The zero-order valence-corrected chi connectivity index (χ0v) is 23.6. The van der Waals surface area contributed by atoms with Gasteiger partial charge in [-0.15, -0.1) is 0 Å². The lowest BCUT2D eigenvalue weighted by Gasteiger charge is -2.70. The minimum absolute atomic E-state index is 0.0959. The highest BCUT2D eigenvalue weighted by Crippen LogP contribution is 2.73. The van der Waals surface area contributed by atoms with Crippen LogP contribution in [-0.4, -0.2) is 24.6 Å². The molecule has 4 fully saturated rings. The van der Waals surface area contributed by atoms with E-state index in [0.717, 1.165) is 18.8 Å². The molecule has 0 spiro atoms. The lowest BCUT2D eigenvalue weighted by Crippen LogP contribution is -2.64. The van der Waals surface area contributed by atoms with E-state index in [0.29, 0.717) is 40.6 Å².